The zero-order valence-electron chi connectivity index (χ0n) is 11.6. The number of rotatable bonds is 1. The third-order valence-electron chi connectivity index (χ3n) is 4.23. The van der Waals surface area contributed by atoms with Crippen LogP contribution in [0.2, 0.25) is 0 Å². The quantitative estimate of drug-likeness (QED) is 0.809. The molecule has 0 aliphatic carbocycles. The van der Waals surface area contributed by atoms with Crippen LogP contribution in [0.4, 0.5) is 0 Å². The highest BCUT2D eigenvalue weighted by Gasteiger charge is 2.35. The van der Waals surface area contributed by atoms with Gasteiger partial charge < -0.3 is 10.2 Å². The van der Waals surface area contributed by atoms with Gasteiger partial charge in [0, 0.05) is 38.8 Å². The molecule has 1 aromatic carbocycles. The Hall–Kier alpha value is -1.39. The number of hydrogen-bond acceptors (Lipinski definition) is 3. The van der Waals surface area contributed by atoms with Gasteiger partial charge >= 0.3 is 0 Å². The molecular formula is C15H21N3O. The minimum Gasteiger partial charge on any atom is -0.343 e. The molecule has 0 radical (unpaired) electrons. The molecule has 2 heterocycles. The molecule has 1 amide bonds. The van der Waals surface area contributed by atoms with Crippen LogP contribution in [0.15, 0.2) is 24.3 Å². The molecule has 0 spiro atoms. The summed E-state index contributed by atoms with van der Waals surface area (Å²) < 4.78 is 0. The zero-order chi connectivity index (χ0) is 13.4. The van der Waals surface area contributed by atoms with Crippen LogP contribution in [0, 0.1) is 6.92 Å². The van der Waals surface area contributed by atoms with Crippen LogP contribution in [0.3, 0.4) is 0 Å². The van der Waals surface area contributed by atoms with Crippen molar-refractivity contribution < 1.29 is 4.79 Å². The highest BCUT2D eigenvalue weighted by molar-refractivity contribution is 5.78. The molecule has 2 aliphatic rings. The standard InChI is InChI=1S/C15H21N3O/c1-11-4-3-5-12(6-11)14-9-18-10-15(19)17(2)8-13(18)7-16-14/h3-6,13-14,16H,7-10H2,1-2H3. The highest BCUT2D eigenvalue weighted by atomic mass is 16.2. The molecule has 2 unspecified atom stereocenters. The molecule has 102 valence electrons. The third kappa shape index (κ3) is 2.51. The summed E-state index contributed by atoms with van der Waals surface area (Å²) in [5.41, 5.74) is 2.61. The fourth-order valence-corrected chi connectivity index (χ4v) is 3.05. The van der Waals surface area contributed by atoms with Crippen molar-refractivity contribution in [2.45, 2.75) is 19.0 Å². The van der Waals surface area contributed by atoms with Crippen LogP contribution in [0.1, 0.15) is 17.2 Å². The fourth-order valence-electron chi connectivity index (χ4n) is 3.05. The maximum Gasteiger partial charge on any atom is 0.236 e. The van der Waals surface area contributed by atoms with Crippen LogP contribution in [-0.2, 0) is 4.79 Å². The van der Waals surface area contributed by atoms with Crippen molar-refractivity contribution in [3.8, 4) is 0 Å². The van der Waals surface area contributed by atoms with E-state index in [2.05, 4.69) is 41.4 Å². The molecule has 4 heteroatoms. The lowest BCUT2D eigenvalue weighted by Crippen LogP contribution is -2.62. The summed E-state index contributed by atoms with van der Waals surface area (Å²) in [5, 5.41) is 3.62. The van der Waals surface area contributed by atoms with Crippen molar-refractivity contribution in [2.75, 3.05) is 33.2 Å². The topological polar surface area (TPSA) is 35.6 Å². The van der Waals surface area contributed by atoms with Crippen LogP contribution < -0.4 is 5.32 Å². The number of carbonyl (C=O) groups excluding carboxylic acids is 1. The van der Waals surface area contributed by atoms with Crippen LogP contribution in [0.5, 0.6) is 0 Å². The molecule has 0 aromatic heterocycles. The summed E-state index contributed by atoms with van der Waals surface area (Å²) >= 11 is 0. The van der Waals surface area contributed by atoms with E-state index in [0.717, 1.165) is 19.6 Å². The summed E-state index contributed by atoms with van der Waals surface area (Å²) in [6.45, 7) is 5.40. The van der Waals surface area contributed by atoms with Gasteiger partial charge in [-0.2, -0.15) is 0 Å². The Balaban J connectivity index is 1.73. The van der Waals surface area contributed by atoms with Crippen LogP contribution in [-0.4, -0.2) is 55.0 Å². The summed E-state index contributed by atoms with van der Waals surface area (Å²) in [6.07, 6.45) is 0. The van der Waals surface area contributed by atoms with E-state index in [1.165, 1.54) is 11.1 Å². The second-order valence-electron chi connectivity index (χ2n) is 5.73. The average Bonchev–Trinajstić information content (AvgIpc) is 2.39. The van der Waals surface area contributed by atoms with E-state index >= 15 is 0 Å². The molecule has 2 saturated heterocycles. The summed E-state index contributed by atoms with van der Waals surface area (Å²) in [7, 11) is 1.90. The first-order valence-corrected chi connectivity index (χ1v) is 6.91. The van der Waals surface area contributed by atoms with E-state index in [0.29, 0.717) is 18.6 Å². The molecule has 1 N–H and O–H groups in total. The largest absolute Gasteiger partial charge is 0.343 e. The molecular weight excluding hydrogens is 238 g/mol. The Bertz CT molecular complexity index is 488. The molecule has 2 atom stereocenters. The van der Waals surface area contributed by atoms with Crippen molar-refractivity contribution in [1.82, 2.24) is 15.1 Å². The summed E-state index contributed by atoms with van der Waals surface area (Å²) in [5.74, 6) is 0.237. The predicted octanol–water partition coefficient (Wildman–Crippen LogP) is 0.782. The summed E-state index contributed by atoms with van der Waals surface area (Å²) in [6, 6.07) is 9.43. The number of fused-ring (bicyclic) bond motifs is 1. The van der Waals surface area contributed by atoms with Gasteiger partial charge in [-0.3, -0.25) is 9.69 Å². The Labute approximate surface area is 114 Å². The van der Waals surface area contributed by atoms with E-state index in [9.17, 15) is 4.79 Å². The van der Waals surface area contributed by atoms with Crippen molar-refractivity contribution in [3.05, 3.63) is 35.4 Å². The number of likely N-dealkylation sites (N-methyl/N-ethyl adjacent to an activating group) is 1. The minimum atomic E-state index is 0.237. The first kappa shape index (κ1) is 12.6. The van der Waals surface area contributed by atoms with Gasteiger partial charge in [0.05, 0.1) is 6.54 Å². The van der Waals surface area contributed by atoms with E-state index < -0.39 is 0 Å². The number of aryl methyl sites for hydroxylation is 1. The first-order valence-electron chi connectivity index (χ1n) is 6.91. The van der Waals surface area contributed by atoms with Crippen molar-refractivity contribution in [1.29, 1.82) is 0 Å². The number of piperazine rings is 2. The Morgan fingerprint density at radius 1 is 1.32 bits per heavy atom. The van der Waals surface area contributed by atoms with Crippen molar-refractivity contribution in [2.24, 2.45) is 0 Å². The normalized spacial score (nSPS) is 28.3. The van der Waals surface area contributed by atoms with Gasteiger partial charge in [0.1, 0.15) is 0 Å². The number of carbonyl (C=O) groups is 1. The van der Waals surface area contributed by atoms with E-state index in [-0.39, 0.29) is 5.91 Å². The lowest BCUT2D eigenvalue weighted by atomic mass is 9.99. The number of benzene rings is 1. The van der Waals surface area contributed by atoms with Gasteiger partial charge in [-0.1, -0.05) is 29.8 Å². The number of nitrogens with one attached hydrogen (secondary N) is 1. The van der Waals surface area contributed by atoms with Crippen LogP contribution in [0.25, 0.3) is 0 Å². The maximum atomic E-state index is 11.8. The molecule has 0 bridgehead atoms. The molecule has 4 nitrogen and oxygen atoms in total. The lowest BCUT2D eigenvalue weighted by molar-refractivity contribution is -0.137. The second-order valence-corrected chi connectivity index (χ2v) is 5.73. The van der Waals surface area contributed by atoms with Crippen molar-refractivity contribution >= 4 is 5.91 Å². The molecule has 1 aromatic rings. The van der Waals surface area contributed by atoms with Gasteiger partial charge in [-0.05, 0) is 12.5 Å². The molecule has 0 saturated carbocycles. The van der Waals surface area contributed by atoms with E-state index in [4.69, 9.17) is 0 Å². The molecule has 19 heavy (non-hydrogen) atoms. The molecule has 2 aliphatic heterocycles. The predicted molar refractivity (Wildman–Crippen MR) is 74.9 cm³/mol. The minimum absolute atomic E-state index is 0.237. The van der Waals surface area contributed by atoms with Gasteiger partial charge in [-0.25, -0.2) is 0 Å². The van der Waals surface area contributed by atoms with E-state index in [1.807, 2.05) is 11.9 Å². The van der Waals surface area contributed by atoms with Gasteiger partial charge in [0.25, 0.3) is 0 Å². The first-order chi connectivity index (χ1) is 9.13. The smallest absolute Gasteiger partial charge is 0.236 e. The number of hydrogen-bond donors (Lipinski definition) is 1. The van der Waals surface area contributed by atoms with Gasteiger partial charge in [-0.15, -0.1) is 0 Å². The fraction of sp³-hybridized carbons (Fsp3) is 0.533. The lowest BCUT2D eigenvalue weighted by Gasteiger charge is -2.45. The average molecular weight is 259 g/mol. The Kier molecular flexibility index (Phi) is 3.29. The van der Waals surface area contributed by atoms with E-state index in [1.54, 1.807) is 0 Å². The second kappa shape index (κ2) is 4.94. The SMILES string of the molecule is Cc1cccc(C2CN3CC(=O)N(C)CC3CN2)c1. The monoisotopic (exact) mass is 259 g/mol. The summed E-state index contributed by atoms with van der Waals surface area (Å²) in [4.78, 5) is 16.0. The van der Waals surface area contributed by atoms with Crippen molar-refractivity contribution in [3.63, 3.8) is 0 Å². The van der Waals surface area contributed by atoms with Crippen LogP contribution >= 0.6 is 0 Å². The third-order valence-corrected chi connectivity index (χ3v) is 4.23. The van der Waals surface area contributed by atoms with Gasteiger partial charge in [0.15, 0.2) is 0 Å². The molecule has 2 fully saturated rings. The van der Waals surface area contributed by atoms with Gasteiger partial charge in [0.2, 0.25) is 5.91 Å². The Morgan fingerprint density at radius 3 is 2.95 bits per heavy atom. The number of nitrogens with zero attached hydrogens (tertiary/aromatic N) is 2. The number of amides is 1. The highest BCUT2D eigenvalue weighted by Crippen LogP contribution is 2.22. The maximum absolute atomic E-state index is 11.8. The zero-order valence-corrected chi connectivity index (χ0v) is 11.6. The Morgan fingerprint density at radius 2 is 2.16 bits per heavy atom. The molecule has 3 rings (SSSR count).